The summed E-state index contributed by atoms with van der Waals surface area (Å²) in [5, 5.41) is 0. The van der Waals surface area contributed by atoms with Gasteiger partial charge in [0.1, 0.15) is 0 Å². The highest BCUT2D eigenvalue weighted by atomic mass is 16.5. The van der Waals surface area contributed by atoms with E-state index in [0.717, 1.165) is 25.8 Å². The van der Waals surface area contributed by atoms with E-state index in [2.05, 4.69) is 0 Å². The van der Waals surface area contributed by atoms with Crippen molar-refractivity contribution >= 4 is 5.91 Å². The number of carbonyl (C=O) groups is 1. The molecule has 100 valence electrons. The Labute approximate surface area is 104 Å². The predicted octanol–water partition coefficient (Wildman–Crippen LogP) is 1.25. The maximum absolute atomic E-state index is 12.4. The third-order valence-corrected chi connectivity index (χ3v) is 3.68. The van der Waals surface area contributed by atoms with Gasteiger partial charge >= 0.3 is 0 Å². The van der Waals surface area contributed by atoms with Crippen molar-refractivity contribution in [1.29, 1.82) is 0 Å². The SMILES string of the molecule is CCOCCN(CC)C(=O)C1CCCC1CN. The van der Waals surface area contributed by atoms with Gasteiger partial charge in [-0.1, -0.05) is 6.42 Å². The molecule has 1 amide bonds. The van der Waals surface area contributed by atoms with Crippen molar-refractivity contribution in [1.82, 2.24) is 4.90 Å². The number of rotatable bonds is 7. The summed E-state index contributed by atoms with van der Waals surface area (Å²) >= 11 is 0. The van der Waals surface area contributed by atoms with Gasteiger partial charge in [-0.25, -0.2) is 0 Å². The number of nitrogens with two attached hydrogens (primary N) is 1. The van der Waals surface area contributed by atoms with Crippen LogP contribution in [0.1, 0.15) is 33.1 Å². The minimum atomic E-state index is 0.154. The number of likely N-dealkylation sites (N-methyl/N-ethyl adjacent to an activating group) is 1. The minimum Gasteiger partial charge on any atom is -0.380 e. The van der Waals surface area contributed by atoms with Crippen molar-refractivity contribution in [3.8, 4) is 0 Å². The van der Waals surface area contributed by atoms with Crippen LogP contribution < -0.4 is 5.73 Å². The molecule has 0 saturated heterocycles. The highest BCUT2D eigenvalue weighted by molar-refractivity contribution is 5.79. The first-order valence-corrected chi connectivity index (χ1v) is 6.81. The Kier molecular flexibility index (Phi) is 6.52. The van der Waals surface area contributed by atoms with Crippen LogP contribution >= 0.6 is 0 Å². The van der Waals surface area contributed by atoms with Gasteiger partial charge in [0.15, 0.2) is 0 Å². The van der Waals surface area contributed by atoms with Crippen LogP contribution in [0.4, 0.5) is 0 Å². The van der Waals surface area contributed by atoms with Crippen molar-refractivity contribution in [2.24, 2.45) is 17.6 Å². The van der Waals surface area contributed by atoms with E-state index in [-0.39, 0.29) is 11.8 Å². The standard InChI is InChI=1S/C13H26N2O2/c1-3-15(8-9-17-4-2)13(16)12-7-5-6-11(12)10-14/h11-12H,3-10,14H2,1-2H3. The first-order chi connectivity index (χ1) is 8.24. The Morgan fingerprint density at radius 3 is 2.76 bits per heavy atom. The molecule has 17 heavy (non-hydrogen) atoms. The van der Waals surface area contributed by atoms with E-state index in [0.29, 0.717) is 32.2 Å². The first-order valence-electron chi connectivity index (χ1n) is 6.81. The molecule has 0 aromatic heterocycles. The Balaban J connectivity index is 2.47. The van der Waals surface area contributed by atoms with Gasteiger partial charge < -0.3 is 15.4 Å². The van der Waals surface area contributed by atoms with E-state index >= 15 is 0 Å². The molecule has 0 bridgehead atoms. The molecular formula is C13H26N2O2. The average molecular weight is 242 g/mol. The molecule has 1 aliphatic rings. The minimum absolute atomic E-state index is 0.154. The first kappa shape index (κ1) is 14.5. The van der Waals surface area contributed by atoms with E-state index in [1.807, 2.05) is 18.7 Å². The summed E-state index contributed by atoms with van der Waals surface area (Å²) in [5.41, 5.74) is 5.73. The number of hydrogen-bond acceptors (Lipinski definition) is 3. The second-order valence-electron chi connectivity index (χ2n) is 4.65. The molecule has 2 unspecified atom stereocenters. The summed E-state index contributed by atoms with van der Waals surface area (Å²) in [7, 11) is 0. The maximum Gasteiger partial charge on any atom is 0.226 e. The Bertz CT molecular complexity index is 233. The van der Waals surface area contributed by atoms with Crippen LogP contribution in [0.2, 0.25) is 0 Å². The van der Waals surface area contributed by atoms with Crippen LogP contribution in [0.15, 0.2) is 0 Å². The van der Waals surface area contributed by atoms with Gasteiger partial charge in [-0.15, -0.1) is 0 Å². The zero-order chi connectivity index (χ0) is 12.7. The molecule has 0 spiro atoms. The lowest BCUT2D eigenvalue weighted by Crippen LogP contribution is -2.40. The number of nitrogens with zero attached hydrogens (tertiary/aromatic N) is 1. The van der Waals surface area contributed by atoms with Gasteiger partial charge in [-0.2, -0.15) is 0 Å². The lowest BCUT2D eigenvalue weighted by molar-refractivity contribution is -0.137. The van der Waals surface area contributed by atoms with Crippen LogP contribution in [0.3, 0.4) is 0 Å². The van der Waals surface area contributed by atoms with E-state index in [9.17, 15) is 4.79 Å². The fourth-order valence-electron chi connectivity index (χ4n) is 2.62. The van der Waals surface area contributed by atoms with Crippen LogP contribution in [0.25, 0.3) is 0 Å². The third kappa shape index (κ3) is 3.96. The fraction of sp³-hybridized carbons (Fsp3) is 0.923. The van der Waals surface area contributed by atoms with Gasteiger partial charge in [0.25, 0.3) is 0 Å². The topological polar surface area (TPSA) is 55.6 Å². The normalized spacial score (nSPS) is 23.9. The molecular weight excluding hydrogens is 216 g/mol. The van der Waals surface area contributed by atoms with Gasteiger partial charge in [0.05, 0.1) is 6.61 Å². The summed E-state index contributed by atoms with van der Waals surface area (Å²) in [6, 6.07) is 0. The summed E-state index contributed by atoms with van der Waals surface area (Å²) in [5.74, 6) is 0.824. The van der Waals surface area contributed by atoms with E-state index in [1.165, 1.54) is 0 Å². The quantitative estimate of drug-likeness (QED) is 0.684. The van der Waals surface area contributed by atoms with Gasteiger partial charge in [-0.05, 0) is 39.2 Å². The summed E-state index contributed by atoms with van der Waals surface area (Å²) in [4.78, 5) is 14.3. The third-order valence-electron chi connectivity index (χ3n) is 3.68. The molecule has 4 nitrogen and oxygen atoms in total. The second-order valence-corrected chi connectivity index (χ2v) is 4.65. The summed E-state index contributed by atoms with van der Waals surface area (Å²) in [6.45, 7) is 7.45. The van der Waals surface area contributed by atoms with Gasteiger partial charge in [-0.3, -0.25) is 4.79 Å². The molecule has 0 heterocycles. The smallest absolute Gasteiger partial charge is 0.226 e. The van der Waals surface area contributed by atoms with Crippen molar-refractivity contribution in [2.45, 2.75) is 33.1 Å². The number of ether oxygens (including phenoxy) is 1. The molecule has 1 saturated carbocycles. The van der Waals surface area contributed by atoms with Crippen molar-refractivity contribution in [2.75, 3.05) is 32.8 Å². The fourth-order valence-corrected chi connectivity index (χ4v) is 2.62. The monoisotopic (exact) mass is 242 g/mol. The van der Waals surface area contributed by atoms with E-state index in [4.69, 9.17) is 10.5 Å². The van der Waals surface area contributed by atoms with Crippen molar-refractivity contribution < 1.29 is 9.53 Å². The highest BCUT2D eigenvalue weighted by Crippen LogP contribution is 2.32. The van der Waals surface area contributed by atoms with Crippen molar-refractivity contribution in [3.63, 3.8) is 0 Å². The molecule has 1 fully saturated rings. The Hall–Kier alpha value is -0.610. The predicted molar refractivity (Wildman–Crippen MR) is 68.6 cm³/mol. The van der Waals surface area contributed by atoms with Gasteiger partial charge in [0, 0.05) is 25.6 Å². The largest absolute Gasteiger partial charge is 0.380 e. The van der Waals surface area contributed by atoms with Crippen LogP contribution in [0, 0.1) is 11.8 Å². The zero-order valence-electron chi connectivity index (χ0n) is 11.2. The molecule has 0 radical (unpaired) electrons. The zero-order valence-corrected chi connectivity index (χ0v) is 11.2. The molecule has 0 aromatic rings. The second kappa shape index (κ2) is 7.67. The summed E-state index contributed by atoms with van der Waals surface area (Å²) in [6.07, 6.45) is 3.25. The Morgan fingerprint density at radius 2 is 2.18 bits per heavy atom. The number of hydrogen-bond donors (Lipinski definition) is 1. The molecule has 1 rings (SSSR count). The highest BCUT2D eigenvalue weighted by Gasteiger charge is 2.34. The van der Waals surface area contributed by atoms with Crippen LogP contribution in [0.5, 0.6) is 0 Å². The van der Waals surface area contributed by atoms with E-state index < -0.39 is 0 Å². The van der Waals surface area contributed by atoms with Crippen LogP contribution in [-0.2, 0) is 9.53 Å². The van der Waals surface area contributed by atoms with Gasteiger partial charge in [0.2, 0.25) is 5.91 Å². The number of amides is 1. The molecule has 2 N–H and O–H groups in total. The maximum atomic E-state index is 12.4. The van der Waals surface area contributed by atoms with Crippen molar-refractivity contribution in [3.05, 3.63) is 0 Å². The van der Waals surface area contributed by atoms with E-state index in [1.54, 1.807) is 0 Å². The lowest BCUT2D eigenvalue weighted by Gasteiger charge is -2.26. The molecule has 2 atom stereocenters. The Morgan fingerprint density at radius 1 is 1.41 bits per heavy atom. The molecule has 0 aromatic carbocycles. The molecule has 1 aliphatic carbocycles. The number of carbonyl (C=O) groups excluding carboxylic acids is 1. The molecule has 0 aliphatic heterocycles. The lowest BCUT2D eigenvalue weighted by atomic mass is 9.95. The summed E-state index contributed by atoms with van der Waals surface area (Å²) < 4.78 is 5.31. The average Bonchev–Trinajstić information content (AvgIpc) is 2.82. The van der Waals surface area contributed by atoms with Crippen LogP contribution in [-0.4, -0.2) is 43.7 Å². The molecule has 4 heteroatoms.